The van der Waals surface area contributed by atoms with Crippen molar-refractivity contribution in [2.45, 2.75) is 20.4 Å². The van der Waals surface area contributed by atoms with E-state index in [4.69, 9.17) is 0 Å². The Kier molecular flexibility index (Phi) is 2.42. The summed E-state index contributed by atoms with van der Waals surface area (Å²) >= 11 is 0. The van der Waals surface area contributed by atoms with Crippen molar-refractivity contribution in [3.8, 4) is 0 Å². The first kappa shape index (κ1) is 8.70. The van der Waals surface area contributed by atoms with E-state index in [1.54, 1.807) is 4.57 Å². The van der Waals surface area contributed by atoms with Crippen LogP contribution in [0.5, 0.6) is 0 Å². The van der Waals surface area contributed by atoms with Crippen LogP contribution in [0.3, 0.4) is 0 Å². The zero-order valence-electron chi connectivity index (χ0n) is 7.10. The van der Waals surface area contributed by atoms with Crippen molar-refractivity contribution in [1.82, 2.24) is 9.55 Å². The Balaban J connectivity index is 2.71. The SMILES string of the molecule is CC(C)Cn1cnc([N+](=O)[O-])c1. The zero-order valence-corrected chi connectivity index (χ0v) is 7.10. The molecule has 66 valence electrons. The van der Waals surface area contributed by atoms with E-state index >= 15 is 0 Å². The number of imidazole rings is 1. The number of nitrogens with zero attached hydrogens (tertiary/aromatic N) is 3. The van der Waals surface area contributed by atoms with Crippen molar-refractivity contribution in [2.75, 3.05) is 0 Å². The summed E-state index contributed by atoms with van der Waals surface area (Å²) < 4.78 is 1.72. The van der Waals surface area contributed by atoms with E-state index < -0.39 is 4.92 Å². The third-order valence-corrected chi connectivity index (χ3v) is 1.38. The van der Waals surface area contributed by atoms with E-state index in [1.807, 2.05) is 13.8 Å². The van der Waals surface area contributed by atoms with Crippen molar-refractivity contribution < 1.29 is 4.92 Å². The summed E-state index contributed by atoms with van der Waals surface area (Å²) in [6.07, 6.45) is 2.93. The minimum absolute atomic E-state index is 0.0874. The molecule has 1 heterocycles. The molecule has 0 unspecified atom stereocenters. The fourth-order valence-corrected chi connectivity index (χ4v) is 0.964. The molecule has 0 aliphatic rings. The van der Waals surface area contributed by atoms with Gasteiger partial charge in [-0.1, -0.05) is 13.8 Å². The largest absolute Gasteiger partial charge is 0.381 e. The van der Waals surface area contributed by atoms with E-state index in [0.717, 1.165) is 6.54 Å². The third kappa shape index (κ3) is 2.05. The van der Waals surface area contributed by atoms with Gasteiger partial charge in [0.25, 0.3) is 0 Å². The van der Waals surface area contributed by atoms with Crippen LogP contribution >= 0.6 is 0 Å². The van der Waals surface area contributed by atoms with E-state index in [-0.39, 0.29) is 5.82 Å². The first-order chi connectivity index (χ1) is 5.59. The maximum absolute atomic E-state index is 10.2. The molecular formula is C7H11N3O2. The highest BCUT2D eigenvalue weighted by Crippen LogP contribution is 2.07. The van der Waals surface area contributed by atoms with Gasteiger partial charge in [-0.05, 0) is 15.8 Å². The van der Waals surface area contributed by atoms with Crippen LogP contribution in [0.25, 0.3) is 0 Å². The molecule has 0 aromatic carbocycles. The quantitative estimate of drug-likeness (QED) is 0.508. The van der Waals surface area contributed by atoms with Crippen LogP contribution in [-0.2, 0) is 6.54 Å². The molecule has 1 rings (SSSR count). The average Bonchev–Trinajstić information content (AvgIpc) is 2.34. The van der Waals surface area contributed by atoms with Gasteiger partial charge < -0.3 is 14.7 Å². The molecule has 0 N–H and O–H groups in total. The summed E-state index contributed by atoms with van der Waals surface area (Å²) in [5.41, 5.74) is 0. The van der Waals surface area contributed by atoms with Gasteiger partial charge in [-0.2, -0.15) is 0 Å². The topological polar surface area (TPSA) is 61.0 Å². The molecule has 0 atom stereocenters. The molecule has 0 saturated carbocycles. The molecule has 1 aromatic rings. The summed E-state index contributed by atoms with van der Waals surface area (Å²) in [5.74, 6) is 0.384. The molecule has 0 aliphatic carbocycles. The van der Waals surface area contributed by atoms with Crippen LogP contribution in [0.4, 0.5) is 5.82 Å². The second-order valence-corrected chi connectivity index (χ2v) is 3.08. The van der Waals surface area contributed by atoms with Crippen molar-refractivity contribution in [2.24, 2.45) is 5.92 Å². The monoisotopic (exact) mass is 169 g/mol. The highest BCUT2D eigenvalue weighted by Gasteiger charge is 2.09. The van der Waals surface area contributed by atoms with Gasteiger partial charge in [-0.3, -0.25) is 0 Å². The van der Waals surface area contributed by atoms with E-state index in [2.05, 4.69) is 4.98 Å². The van der Waals surface area contributed by atoms with Gasteiger partial charge in [0.15, 0.2) is 0 Å². The lowest BCUT2D eigenvalue weighted by Crippen LogP contribution is -2.01. The van der Waals surface area contributed by atoms with Crippen LogP contribution in [0.15, 0.2) is 12.5 Å². The Bertz CT molecular complexity index is 280. The van der Waals surface area contributed by atoms with E-state index in [1.165, 1.54) is 12.5 Å². The molecular weight excluding hydrogens is 158 g/mol. The highest BCUT2D eigenvalue weighted by molar-refractivity contribution is 5.12. The number of hydrogen-bond acceptors (Lipinski definition) is 3. The van der Waals surface area contributed by atoms with Crippen LogP contribution in [0.2, 0.25) is 0 Å². The molecule has 12 heavy (non-hydrogen) atoms. The molecule has 5 nitrogen and oxygen atoms in total. The third-order valence-electron chi connectivity index (χ3n) is 1.38. The molecule has 0 radical (unpaired) electrons. The lowest BCUT2D eigenvalue weighted by molar-refractivity contribution is -0.389. The first-order valence-electron chi connectivity index (χ1n) is 3.75. The molecule has 0 fully saturated rings. The van der Waals surface area contributed by atoms with Gasteiger partial charge in [-0.25, -0.2) is 0 Å². The van der Waals surface area contributed by atoms with Gasteiger partial charge in [-0.15, -0.1) is 0 Å². The van der Waals surface area contributed by atoms with Crippen LogP contribution in [-0.4, -0.2) is 14.5 Å². The van der Waals surface area contributed by atoms with Crippen molar-refractivity contribution in [3.63, 3.8) is 0 Å². The Morgan fingerprint density at radius 3 is 2.83 bits per heavy atom. The summed E-state index contributed by atoms with van der Waals surface area (Å²) in [4.78, 5) is 13.4. The summed E-state index contributed by atoms with van der Waals surface area (Å²) in [7, 11) is 0. The van der Waals surface area contributed by atoms with Crippen molar-refractivity contribution in [3.05, 3.63) is 22.6 Å². The normalized spacial score (nSPS) is 10.6. The minimum atomic E-state index is -0.489. The maximum atomic E-state index is 10.2. The molecule has 0 spiro atoms. The van der Waals surface area contributed by atoms with Gasteiger partial charge in [0, 0.05) is 6.54 Å². The number of aromatic nitrogens is 2. The molecule has 0 amide bonds. The van der Waals surface area contributed by atoms with Crippen LogP contribution in [0.1, 0.15) is 13.8 Å². The lowest BCUT2D eigenvalue weighted by atomic mass is 10.2. The fraction of sp³-hybridized carbons (Fsp3) is 0.571. The van der Waals surface area contributed by atoms with Gasteiger partial charge in [0.05, 0.1) is 0 Å². The first-order valence-corrected chi connectivity index (χ1v) is 3.75. The summed E-state index contributed by atoms with van der Waals surface area (Å²) in [6, 6.07) is 0. The molecule has 0 aliphatic heterocycles. The van der Waals surface area contributed by atoms with Crippen molar-refractivity contribution in [1.29, 1.82) is 0 Å². The van der Waals surface area contributed by atoms with Gasteiger partial charge in [0.1, 0.15) is 6.20 Å². The Morgan fingerprint density at radius 2 is 2.42 bits per heavy atom. The Labute approximate surface area is 70.2 Å². The second-order valence-electron chi connectivity index (χ2n) is 3.08. The number of nitro groups is 1. The fourth-order valence-electron chi connectivity index (χ4n) is 0.964. The van der Waals surface area contributed by atoms with Crippen molar-refractivity contribution >= 4 is 5.82 Å². The second kappa shape index (κ2) is 3.34. The Hall–Kier alpha value is -1.39. The smallest absolute Gasteiger partial charge is 0.358 e. The predicted molar refractivity (Wildman–Crippen MR) is 43.7 cm³/mol. The molecule has 0 bridgehead atoms. The maximum Gasteiger partial charge on any atom is 0.381 e. The summed E-state index contributed by atoms with van der Waals surface area (Å²) in [6.45, 7) is 4.86. The van der Waals surface area contributed by atoms with Gasteiger partial charge in [0.2, 0.25) is 6.33 Å². The highest BCUT2D eigenvalue weighted by atomic mass is 16.6. The van der Waals surface area contributed by atoms with Gasteiger partial charge >= 0.3 is 5.82 Å². The predicted octanol–water partition coefficient (Wildman–Crippen LogP) is 1.45. The van der Waals surface area contributed by atoms with E-state index in [9.17, 15) is 10.1 Å². The van der Waals surface area contributed by atoms with Crippen LogP contribution in [0, 0.1) is 16.0 Å². The molecule has 0 saturated heterocycles. The number of rotatable bonds is 3. The van der Waals surface area contributed by atoms with Crippen LogP contribution < -0.4 is 0 Å². The van der Waals surface area contributed by atoms with E-state index in [0.29, 0.717) is 5.92 Å². The lowest BCUT2D eigenvalue weighted by Gasteiger charge is -2.01. The average molecular weight is 169 g/mol. The minimum Gasteiger partial charge on any atom is -0.358 e. The zero-order chi connectivity index (χ0) is 9.14. The molecule has 5 heteroatoms. The Morgan fingerprint density at radius 1 is 1.75 bits per heavy atom. The standard InChI is InChI=1S/C7H11N3O2/c1-6(2)3-9-4-7(8-5-9)10(11)12/h4-6H,3H2,1-2H3. The summed E-state index contributed by atoms with van der Waals surface area (Å²) in [5, 5.41) is 10.2. The number of hydrogen-bond donors (Lipinski definition) is 0. The molecule has 1 aromatic heterocycles.